The molecule has 0 radical (unpaired) electrons. The summed E-state index contributed by atoms with van der Waals surface area (Å²) in [6.07, 6.45) is 3.55. The Hall–Kier alpha value is -3.62. The molecule has 1 aliphatic rings. The van der Waals surface area contributed by atoms with Crippen LogP contribution in [0.1, 0.15) is 5.69 Å². The lowest BCUT2D eigenvalue weighted by molar-refractivity contribution is -0.120. The van der Waals surface area contributed by atoms with Gasteiger partial charge in [0.25, 0.3) is 0 Å². The summed E-state index contributed by atoms with van der Waals surface area (Å²) in [5, 5.41) is 11.5. The van der Waals surface area contributed by atoms with Crippen molar-refractivity contribution in [1.29, 1.82) is 0 Å². The fourth-order valence-corrected chi connectivity index (χ4v) is 3.31. The number of aryl methyl sites for hydroxylation is 1. The van der Waals surface area contributed by atoms with Crippen LogP contribution in [0, 0.1) is 0 Å². The molecule has 9 nitrogen and oxygen atoms in total. The van der Waals surface area contributed by atoms with Crippen molar-refractivity contribution in [3.8, 4) is 11.3 Å². The molecule has 9 heteroatoms. The highest BCUT2D eigenvalue weighted by Gasteiger charge is 2.27. The zero-order valence-corrected chi connectivity index (χ0v) is 16.4. The van der Waals surface area contributed by atoms with Gasteiger partial charge in [0, 0.05) is 45.0 Å². The van der Waals surface area contributed by atoms with Crippen molar-refractivity contribution in [3.05, 3.63) is 54.5 Å². The second-order valence-electron chi connectivity index (χ2n) is 6.79. The van der Waals surface area contributed by atoms with Crippen LogP contribution in [-0.4, -0.2) is 58.4 Å². The predicted octanol–water partition coefficient (Wildman–Crippen LogP) is 1.50. The number of nitrogens with one attached hydrogen (secondary N) is 1. The van der Waals surface area contributed by atoms with E-state index in [1.807, 2.05) is 54.5 Å². The largest absolute Gasteiger partial charge is 0.356 e. The van der Waals surface area contributed by atoms with E-state index in [2.05, 4.69) is 20.6 Å². The Bertz CT molecular complexity index is 1010. The van der Waals surface area contributed by atoms with Gasteiger partial charge in [-0.05, 0) is 0 Å². The topological polar surface area (TPSA) is 91.8 Å². The third-order valence-electron chi connectivity index (χ3n) is 4.78. The highest BCUT2D eigenvalue weighted by Crippen LogP contribution is 2.20. The van der Waals surface area contributed by atoms with Crippen LogP contribution in [0.5, 0.6) is 0 Å². The minimum Gasteiger partial charge on any atom is -0.356 e. The highest BCUT2D eigenvalue weighted by molar-refractivity contribution is 5.98. The Morgan fingerprint density at radius 3 is 2.79 bits per heavy atom. The zero-order chi connectivity index (χ0) is 20.2. The van der Waals surface area contributed by atoms with Crippen molar-refractivity contribution < 1.29 is 9.32 Å². The Morgan fingerprint density at radius 1 is 1.28 bits per heavy atom. The second kappa shape index (κ2) is 8.17. The number of anilines is 1. The number of aliphatic imine (C=N–C) groups is 1. The van der Waals surface area contributed by atoms with Gasteiger partial charge in [-0.1, -0.05) is 35.5 Å². The van der Waals surface area contributed by atoms with Gasteiger partial charge in [0.15, 0.2) is 11.7 Å². The van der Waals surface area contributed by atoms with Gasteiger partial charge >= 0.3 is 0 Å². The maximum atomic E-state index is 12.6. The van der Waals surface area contributed by atoms with Gasteiger partial charge in [-0.2, -0.15) is 5.10 Å². The molecule has 29 heavy (non-hydrogen) atoms. The number of hydrogen-bond acceptors (Lipinski definition) is 5. The van der Waals surface area contributed by atoms with Gasteiger partial charge < -0.3 is 19.6 Å². The number of carbonyl (C=O) groups excluding carboxylic acids is 1. The van der Waals surface area contributed by atoms with E-state index in [0.29, 0.717) is 25.6 Å². The molecule has 4 rings (SSSR count). The van der Waals surface area contributed by atoms with Crippen molar-refractivity contribution in [1.82, 2.24) is 25.2 Å². The number of benzene rings is 1. The van der Waals surface area contributed by atoms with E-state index in [0.717, 1.165) is 22.7 Å². The summed E-state index contributed by atoms with van der Waals surface area (Å²) in [7, 11) is 3.54. The molecule has 3 aromatic rings. The molecule has 2 aromatic heterocycles. The first kappa shape index (κ1) is 18.7. The normalized spacial score (nSPS) is 15.1. The molecule has 1 fully saturated rings. The van der Waals surface area contributed by atoms with E-state index in [9.17, 15) is 4.79 Å². The third kappa shape index (κ3) is 4.13. The predicted molar refractivity (Wildman–Crippen MR) is 109 cm³/mol. The first-order chi connectivity index (χ1) is 14.1. The molecule has 0 saturated carbocycles. The summed E-state index contributed by atoms with van der Waals surface area (Å²) in [5.74, 6) is 1.39. The van der Waals surface area contributed by atoms with Gasteiger partial charge in [-0.15, -0.1) is 0 Å². The van der Waals surface area contributed by atoms with E-state index in [-0.39, 0.29) is 12.5 Å². The summed E-state index contributed by atoms with van der Waals surface area (Å²) in [4.78, 5) is 20.6. The number of hydrogen-bond donors (Lipinski definition) is 1. The number of guanidine groups is 1. The molecular weight excluding hydrogens is 370 g/mol. The monoisotopic (exact) mass is 393 g/mol. The quantitative estimate of drug-likeness (QED) is 0.534. The average Bonchev–Trinajstić information content (AvgIpc) is 3.38. The summed E-state index contributed by atoms with van der Waals surface area (Å²) < 4.78 is 7.12. The van der Waals surface area contributed by atoms with Crippen molar-refractivity contribution >= 4 is 17.6 Å². The molecule has 0 spiro atoms. The Kier molecular flexibility index (Phi) is 5.28. The van der Waals surface area contributed by atoms with E-state index < -0.39 is 0 Å². The SMILES string of the molecule is CN=C(NCc1cc(-c2ccccc2)on1)N1CCN(c2cnn(C)c2)C(=O)C1. The smallest absolute Gasteiger partial charge is 0.246 e. The third-order valence-corrected chi connectivity index (χ3v) is 4.78. The molecule has 0 atom stereocenters. The highest BCUT2D eigenvalue weighted by atomic mass is 16.5. The molecule has 1 aliphatic heterocycles. The van der Waals surface area contributed by atoms with Crippen LogP contribution in [0.4, 0.5) is 5.69 Å². The van der Waals surface area contributed by atoms with Crippen molar-refractivity contribution in [2.75, 3.05) is 31.6 Å². The first-order valence-corrected chi connectivity index (χ1v) is 9.39. The van der Waals surface area contributed by atoms with E-state index >= 15 is 0 Å². The van der Waals surface area contributed by atoms with Crippen LogP contribution < -0.4 is 10.2 Å². The van der Waals surface area contributed by atoms with Gasteiger partial charge in [0.1, 0.15) is 12.2 Å². The molecule has 0 unspecified atom stereocenters. The van der Waals surface area contributed by atoms with E-state index in [1.54, 1.807) is 22.8 Å². The fourth-order valence-electron chi connectivity index (χ4n) is 3.31. The van der Waals surface area contributed by atoms with Crippen LogP contribution in [0.3, 0.4) is 0 Å². The number of rotatable bonds is 4. The fraction of sp³-hybridized carbons (Fsp3) is 0.300. The Labute approximate surface area is 168 Å². The van der Waals surface area contributed by atoms with Crippen LogP contribution in [-0.2, 0) is 18.4 Å². The van der Waals surface area contributed by atoms with Crippen molar-refractivity contribution in [2.24, 2.45) is 12.0 Å². The standard InChI is InChI=1S/C20H23N7O2/c1-21-20(22-11-16-10-18(29-24-16)15-6-4-3-5-7-15)26-8-9-27(19(28)14-26)17-12-23-25(2)13-17/h3-7,10,12-13H,8-9,11,14H2,1-2H3,(H,21,22). The Morgan fingerprint density at radius 2 is 2.10 bits per heavy atom. The molecule has 1 amide bonds. The van der Waals surface area contributed by atoms with Crippen LogP contribution in [0.2, 0.25) is 0 Å². The second-order valence-corrected chi connectivity index (χ2v) is 6.79. The lowest BCUT2D eigenvalue weighted by Gasteiger charge is -2.35. The van der Waals surface area contributed by atoms with E-state index in [4.69, 9.17) is 4.52 Å². The minimum absolute atomic E-state index is 0.0139. The van der Waals surface area contributed by atoms with Gasteiger partial charge in [0.05, 0.1) is 18.4 Å². The molecule has 1 N–H and O–H groups in total. The lowest BCUT2D eigenvalue weighted by atomic mass is 10.2. The maximum Gasteiger partial charge on any atom is 0.246 e. The first-order valence-electron chi connectivity index (χ1n) is 9.39. The molecule has 1 saturated heterocycles. The van der Waals surface area contributed by atoms with Crippen molar-refractivity contribution in [2.45, 2.75) is 6.54 Å². The minimum atomic E-state index is 0.0139. The molecule has 3 heterocycles. The number of aromatic nitrogens is 3. The number of piperazine rings is 1. The number of nitrogens with zero attached hydrogens (tertiary/aromatic N) is 6. The molecule has 0 bridgehead atoms. The molecular formula is C20H23N7O2. The van der Waals surface area contributed by atoms with Crippen LogP contribution >= 0.6 is 0 Å². The maximum absolute atomic E-state index is 12.6. The van der Waals surface area contributed by atoms with Crippen molar-refractivity contribution in [3.63, 3.8) is 0 Å². The molecule has 1 aromatic carbocycles. The Balaban J connectivity index is 1.36. The van der Waals surface area contributed by atoms with Gasteiger partial charge in [-0.25, -0.2) is 0 Å². The van der Waals surface area contributed by atoms with Gasteiger partial charge in [0.2, 0.25) is 5.91 Å². The van der Waals surface area contributed by atoms with Crippen LogP contribution in [0.25, 0.3) is 11.3 Å². The lowest BCUT2D eigenvalue weighted by Crippen LogP contribution is -2.55. The number of amides is 1. The van der Waals surface area contributed by atoms with Crippen LogP contribution in [0.15, 0.2) is 58.3 Å². The summed E-state index contributed by atoms with van der Waals surface area (Å²) in [6, 6.07) is 11.7. The number of carbonyl (C=O) groups is 1. The summed E-state index contributed by atoms with van der Waals surface area (Å²) in [6.45, 7) is 1.96. The summed E-state index contributed by atoms with van der Waals surface area (Å²) >= 11 is 0. The molecule has 150 valence electrons. The van der Waals surface area contributed by atoms with E-state index in [1.165, 1.54) is 0 Å². The summed E-state index contributed by atoms with van der Waals surface area (Å²) in [5.41, 5.74) is 2.56. The average molecular weight is 393 g/mol. The zero-order valence-electron chi connectivity index (χ0n) is 16.4. The van der Waals surface area contributed by atoms with Gasteiger partial charge in [-0.3, -0.25) is 14.5 Å². The molecule has 0 aliphatic carbocycles.